The fourth-order valence-electron chi connectivity index (χ4n) is 3.59. The Hall–Kier alpha value is -3.33. The number of carbonyl (C=O) groups is 2. The predicted octanol–water partition coefficient (Wildman–Crippen LogP) is 2.99. The van der Waals surface area contributed by atoms with Gasteiger partial charge in [-0.2, -0.15) is 5.26 Å². The topological polar surface area (TPSA) is 102 Å². The van der Waals surface area contributed by atoms with E-state index >= 15 is 0 Å². The summed E-state index contributed by atoms with van der Waals surface area (Å²) in [5.74, 6) is -0.473. The quantitative estimate of drug-likeness (QED) is 0.697. The Morgan fingerprint density at radius 2 is 1.61 bits per heavy atom. The van der Waals surface area contributed by atoms with Crippen LogP contribution >= 0.6 is 0 Å². The molecule has 0 radical (unpaired) electrons. The molecule has 0 spiro atoms. The third kappa shape index (κ3) is 4.68. The molecule has 28 heavy (non-hydrogen) atoms. The molecule has 6 heteroatoms. The first-order valence-corrected chi connectivity index (χ1v) is 9.43. The molecular formula is C22H23N3O3. The molecule has 1 saturated carbocycles. The molecule has 0 unspecified atom stereocenters. The summed E-state index contributed by atoms with van der Waals surface area (Å²) in [6.45, 7) is -0.0191. The maximum absolute atomic E-state index is 12.7. The number of phenolic OH excluding ortho intramolecular Hbond substituents is 1. The number of hydrogen-bond donors (Lipinski definition) is 3. The molecule has 1 fully saturated rings. The number of aromatic hydroxyl groups is 1. The van der Waals surface area contributed by atoms with Crippen molar-refractivity contribution < 1.29 is 14.7 Å². The zero-order chi connectivity index (χ0) is 19.9. The summed E-state index contributed by atoms with van der Waals surface area (Å²) in [5, 5.41) is 23.6. The molecule has 0 bridgehead atoms. The smallest absolute Gasteiger partial charge is 0.251 e. The van der Waals surface area contributed by atoms with Gasteiger partial charge in [-0.25, -0.2) is 0 Å². The minimum atomic E-state index is -0.303. The van der Waals surface area contributed by atoms with Gasteiger partial charge in [0.05, 0.1) is 12.0 Å². The van der Waals surface area contributed by atoms with Crippen LogP contribution in [0.3, 0.4) is 0 Å². The van der Waals surface area contributed by atoms with Crippen LogP contribution in [0.25, 0.3) is 11.1 Å². The van der Waals surface area contributed by atoms with E-state index in [0.29, 0.717) is 12.0 Å². The lowest BCUT2D eigenvalue weighted by Crippen LogP contribution is -2.48. The molecule has 0 saturated heterocycles. The number of nitriles is 1. The van der Waals surface area contributed by atoms with E-state index in [4.69, 9.17) is 5.26 Å². The molecule has 1 aliphatic carbocycles. The Balaban J connectivity index is 1.66. The first kappa shape index (κ1) is 19.4. The van der Waals surface area contributed by atoms with Gasteiger partial charge in [0.2, 0.25) is 5.91 Å². The maximum Gasteiger partial charge on any atom is 0.251 e. The Bertz CT molecular complexity index is 869. The number of rotatable bonds is 5. The molecule has 144 valence electrons. The number of nitrogens with one attached hydrogen (secondary N) is 2. The zero-order valence-electron chi connectivity index (χ0n) is 15.5. The standard InChI is InChI=1S/C22H23N3O3/c23-13-14-24-22(28)19-3-1-2-4-20(19)25-21(27)17-7-5-15(6-8-17)16-9-11-18(26)12-10-16/h5-12,19-20,26H,1-4,14H2,(H,24,28)(H,25,27)/t19-,20+/m1/s1. The van der Waals surface area contributed by atoms with E-state index in [2.05, 4.69) is 10.6 Å². The highest BCUT2D eigenvalue weighted by molar-refractivity contribution is 5.95. The van der Waals surface area contributed by atoms with Gasteiger partial charge in [-0.15, -0.1) is 0 Å². The fourth-order valence-corrected chi connectivity index (χ4v) is 3.59. The molecular weight excluding hydrogens is 354 g/mol. The molecule has 2 aromatic carbocycles. The molecule has 1 aliphatic rings. The summed E-state index contributed by atoms with van der Waals surface area (Å²) >= 11 is 0. The highest BCUT2D eigenvalue weighted by Crippen LogP contribution is 2.26. The van der Waals surface area contributed by atoms with Crippen molar-refractivity contribution in [2.45, 2.75) is 31.7 Å². The lowest BCUT2D eigenvalue weighted by Gasteiger charge is -2.31. The largest absolute Gasteiger partial charge is 0.508 e. The zero-order valence-corrected chi connectivity index (χ0v) is 15.5. The van der Waals surface area contributed by atoms with Crippen LogP contribution in [0.5, 0.6) is 5.75 Å². The van der Waals surface area contributed by atoms with E-state index in [1.807, 2.05) is 30.3 Å². The van der Waals surface area contributed by atoms with Gasteiger partial charge in [0.1, 0.15) is 12.3 Å². The minimum absolute atomic E-state index is 0.0191. The summed E-state index contributed by atoms with van der Waals surface area (Å²) < 4.78 is 0. The fraction of sp³-hybridized carbons (Fsp3) is 0.318. The summed E-state index contributed by atoms with van der Waals surface area (Å²) in [6, 6.07) is 15.8. The van der Waals surface area contributed by atoms with Gasteiger partial charge in [0, 0.05) is 11.6 Å². The van der Waals surface area contributed by atoms with Crippen LogP contribution in [0.1, 0.15) is 36.0 Å². The number of carbonyl (C=O) groups excluding carboxylic acids is 2. The van der Waals surface area contributed by atoms with Gasteiger partial charge in [-0.1, -0.05) is 37.1 Å². The second-order valence-electron chi connectivity index (χ2n) is 6.97. The summed E-state index contributed by atoms with van der Waals surface area (Å²) in [7, 11) is 0. The second kappa shape index (κ2) is 9.05. The molecule has 6 nitrogen and oxygen atoms in total. The predicted molar refractivity (Wildman–Crippen MR) is 105 cm³/mol. The van der Waals surface area contributed by atoms with Crippen molar-refractivity contribution in [3.05, 3.63) is 54.1 Å². The van der Waals surface area contributed by atoms with Crippen molar-refractivity contribution >= 4 is 11.8 Å². The summed E-state index contributed by atoms with van der Waals surface area (Å²) in [5.41, 5.74) is 2.43. The van der Waals surface area contributed by atoms with Gasteiger partial charge in [0.15, 0.2) is 0 Å². The van der Waals surface area contributed by atoms with Crippen molar-refractivity contribution in [2.75, 3.05) is 6.54 Å². The molecule has 2 atom stereocenters. The summed E-state index contributed by atoms with van der Waals surface area (Å²) in [6.07, 6.45) is 3.37. The van der Waals surface area contributed by atoms with Crippen LogP contribution < -0.4 is 10.6 Å². The third-order valence-electron chi connectivity index (χ3n) is 5.11. The van der Waals surface area contributed by atoms with E-state index in [9.17, 15) is 14.7 Å². The van der Waals surface area contributed by atoms with Crippen LogP contribution in [0, 0.1) is 17.2 Å². The average Bonchev–Trinajstić information content (AvgIpc) is 2.73. The van der Waals surface area contributed by atoms with E-state index in [-0.39, 0.29) is 36.1 Å². The van der Waals surface area contributed by atoms with Gasteiger partial charge in [-0.3, -0.25) is 9.59 Å². The molecule has 0 heterocycles. The SMILES string of the molecule is N#CCNC(=O)[C@@H]1CCCC[C@@H]1NC(=O)c1ccc(-c2ccc(O)cc2)cc1. The van der Waals surface area contributed by atoms with Crippen LogP contribution in [-0.2, 0) is 4.79 Å². The number of amides is 2. The Morgan fingerprint density at radius 3 is 2.25 bits per heavy atom. The van der Waals surface area contributed by atoms with Crippen molar-refractivity contribution in [1.29, 1.82) is 5.26 Å². The number of benzene rings is 2. The van der Waals surface area contributed by atoms with Crippen molar-refractivity contribution in [3.63, 3.8) is 0 Å². The van der Waals surface area contributed by atoms with Gasteiger partial charge in [-0.05, 0) is 48.2 Å². The second-order valence-corrected chi connectivity index (χ2v) is 6.97. The number of phenols is 1. The number of nitrogens with zero attached hydrogens (tertiary/aromatic N) is 1. The van der Waals surface area contributed by atoms with Crippen LogP contribution in [0.2, 0.25) is 0 Å². The van der Waals surface area contributed by atoms with Gasteiger partial charge >= 0.3 is 0 Å². The van der Waals surface area contributed by atoms with Crippen molar-refractivity contribution in [1.82, 2.24) is 10.6 Å². The first-order chi connectivity index (χ1) is 13.6. The van der Waals surface area contributed by atoms with Crippen molar-refractivity contribution in [2.24, 2.45) is 5.92 Å². The minimum Gasteiger partial charge on any atom is -0.508 e. The van der Waals surface area contributed by atoms with Crippen LogP contribution in [0.15, 0.2) is 48.5 Å². The number of hydrogen-bond acceptors (Lipinski definition) is 4. The van der Waals surface area contributed by atoms with Crippen molar-refractivity contribution in [3.8, 4) is 22.9 Å². The van der Waals surface area contributed by atoms with Gasteiger partial charge in [0.25, 0.3) is 5.91 Å². The third-order valence-corrected chi connectivity index (χ3v) is 5.11. The Morgan fingerprint density at radius 1 is 1.00 bits per heavy atom. The molecule has 0 aliphatic heterocycles. The van der Waals surface area contributed by atoms with E-state index in [1.165, 1.54) is 0 Å². The lowest BCUT2D eigenvalue weighted by atomic mass is 9.83. The molecule has 3 N–H and O–H groups in total. The normalized spacial score (nSPS) is 18.7. The molecule has 2 amide bonds. The maximum atomic E-state index is 12.7. The van der Waals surface area contributed by atoms with E-state index in [1.54, 1.807) is 24.3 Å². The Labute approximate surface area is 164 Å². The highest BCUT2D eigenvalue weighted by Gasteiger charge is 2.32. The van der Waals surface area contributed by atoms with Gasteiger partial charge < -0.3 is 15.7 Å². The monoisotopic (exact) mass is 377 g/mol. The average molecular weight is 377 g/mol. The van der Waals surface area contributed by atoms with E-state index < -0.39 is 0 Å². The van der Waals surface area contributed by atoms with Crippen LogP contribution in [-0.4, -0.2) is 29.5 Å². The van der Waals surface area contributed by atoms with E-state index in [0.717, 1.165) is 30.4 Å². The lowest BCUT2D eigenvalue weighted by molar-refractivity contribution is -0.126. The van der Waals surface area contributed by atoms with Crippen LogP contribution in [0.4, 0.5) is 0 Å². The summed E-state index contributed by atoms with van der Waals surface area (Å²) in [4.78, 5) is 24.9. The Kier molecular flexibility index (Phi) is 6.28. The molecule has 0 aromatic heterocycles. The molecule has 2 aromatic rings. The first-order valence-electron chi connectivity index (χ1n) is 9.43. The molecule has 3 rings (SSSR count). The highest BCUT2D eigenvalue weighted by atomic mass is 16.3.